The van der Waals surface area contributed by atoms with Gasteiger partial charge in [-0.05, 0) is 36.4 Å². The fourth-order valence-electron chi connectivity index (χ4n) is 2.43. The summed E-state index contributed by atoms with van der Waals surface area (Å²) in [4.78, 5) is 34.4. The van der Waals surface area contributed by atoms with E-state index in [0.29, 0.717) is 17.0 Å². The zero-order valence-electron chi connectivity index (χ0n) is 14.2. The molecule has 0 spiro atoms. The quantitative estimate of drug-likeness (QED) is 0.416. The molecule has 1 N–H and O–H groups in total. The number of nitro benzene ring substituents is 1. The third-order valence-electron chi connectivity index (χ3n) is 3.77. The molecule has 1 heterocycles. The standard InChI is InChI=1S/C19H14N2O6/c1-26-19(23)14-4-2-3-5-15(14)20-18(22)17-11-10-16(27-17)12-6-8-13(9-7-12)21(24)25/h2-11H,1H3,(H,20,22). The number of methoxy groups -OCH3 is 1. The minimum atomic E-state index is -0.572. The highest BCUT2D eigenvalue weighted by atomic mass is 16.6. The largest absolute Gasteiger partial charge is 0.465 e. The molecular formula is C19H14N2O6. The zero-order chi connectivity index (χ0) is 19.4. The Labute approximate surface area is 153 Å². The van der Waals surface area contributed by atoms with Gasteiger partial charge in [0.15, 0.2) is 5.76 Å². The van der Waals surface area contributed by atoms with Crippen molar-refractivity contribution in [3.8, 4) is 11.3 Å². The molecule has 0 bridgehead atoms. The van der Waals surface area contributed by atoms with Crippen molar-refractivity contribution in [3.63, 3.8) is 0 Å². The molecule has 136 valence electrons. The van der Waals surface area contributed by atoms with Crippen LogP contribution in [0, 0.1) is 10.1 Å². The van der Waals surface area contributed by atoms with Gasteiger partial charge in [-0.15, -0.1) is 0 Å². The molecule has 0 saturated carbocycles. The lowest BCUT2D eigenvalue weighted by atomic mass is 10.1. The molecule has 0 radical (unpaired) electrons. The van der Waals surface area contributed by atoms with Crippen molar-refractivity contribution in [2.75, 3.05) is 12.4 Å². The van der Waals surface area contributed by atoms with Gasteiger partial charge in [0.05, 0.1) is 23.3 Å². The number of benzene rings is 2. The number of hydrogen-bond acceptors (Lipinski definition) is 6. The number of carbonyl (C=O) groups is 2. The van der Waals surface area contributed by atoms with Gasteiger partial charge in [-0.25, -0.2) is 4.79 Å². The summed E-state index contributed by atoms with van der Waals surface area (Å²) in [5, 5.41) is 13.3. The summed E-state index contributed by atoms with van der Waals surface area (Å²) in [5.74, 6) is -0.698. The number of furan rings is 1. The third kappa shape index (κ3) is 3.84. The second kappa shape index (κ2) is 7.52. The smallest absolute Gasteiger partial charge is 0.339 e. The van der Waals surface area contributed by atoms with Gasteiger partial charge in [-0.2, -0.15) is 0 Å². The summed E-state index contributed by atoms with van der Waals surface area (Å²) in [5.41, 5.74) is 1.07. The van der Waals surface area contributed by atoms with E-state index in [4.69, 9.17) is 9.15 Å². The van der Waals surface area contributed by atoms with E-state index in [0.717, 1.165) is 0 Å². The summed E-state index contributed by atoms with van der Waals surface area (Å²) in [6.07, 6.45) is 0. The Bertz CT molecular complexity index is 1010. The number of hydrogen-bond donors (Lipinski definition) is 1. The Morgan fingerprint density at radius 1 is 1.04 bits per heavy atom. The van der Waals surface area contributed by atoms with E-state index in [1.165, 1.54) is 43.5 Å². The molecular weight excluding hydrogens is 352 g/mol. The van der Waals surface area contributed by atoms with Crippen molar-refractivity contribution < 1.29 is 23.7 Å². The van der Waals surface area contributed by atoms with E-state index >= 15 is 0 Å². The van der Waals surface area contributed by atoms with E-state index in [1.807, 2.05) is 0 Å². The van der Waals surface area contributed by atoms with Crippen molar-refractivity contribution in [1.82, 2.24) is 0 Å². The normalized spacial score (nSPS) is 10.3. The second-order valence-corrected chi connectivity index (χ2v) is 5.46. The molecule has 0 aliphatic rings. The van der Waals surface area contributed by atoms with Crippen LogP contribution in [-0.2, 0) is 4.74 Å². The average Bonchev–Trinajstić information content (AvgIpc) is 3.18. The summed E-state index contributed by atoms with van der Waals surface area (Å²) >= 11 is 0. The first-order valence-electron chi connectivity index (χ1n) is 7.83. The Kier molecular flexibility index (Phi) is 4.98. The first kappa shape index (κ1) is 17.9. The predicted molar refractivity (Wildman–Crippen MR) is 96.5 cm³/mol. The lowest BCUT2D eigenvalue weighted by Crippen LogP contribution is -2.14. The molecule has 0 aliphatic carbocycles. The maximum absolute atomic E-state index is 12.4. The summed E-state index contributed by atoms with van der Waals surface area (Å²) < 4.78 is 10.2. The highest BCUT2D eigenvalue weighted by Gasteiger charge is 2.17. The Balaban J connectivity index is 1.80. The maximum atomic E-state index is 12.4. The van der Waals surface area contributed by atoms with Crippen molar-refractivity contribution in [3.05, 3.63) is 82.1 Å². The number of nitrogens with one attached hydrogen (secondary N) is 1. The number of rotatable bonds is 5. The molecule has 3 rings (SSSR count). The van der Waals surface area contributed by atoms with Gasteiger partial charge in [-0.3, -0.25) is 14.9 Å². The minimum absolute atomic E-state index is 0.0306. The van der Waals surface area contributed by atoms with Crippen molar-refractivity contribution in [2.24, 2.45) is 0 Å². The van der Waals surface area contributed by atoms with Gasteiger partial charge in [0, 0.05) is 17.7 Å². The molecule has 2 aromatic carbocycles. The van der Waals surface area contributed by atoms with Crippen LogP contribution in [0.2, 0.25) is 0 Å². The molecule has 0 atom stereocenters. The molecule has 0 fully saturated rings. The monoisotopic (exact) mass is 366 g/mol. The van der Waals surface area contributed by atoms with Gasteiger partial charge in [0.1, 0.15) is 5.76 Å². The van der Waals surface area contributed by atoms with Crippen LogP contribution in [-0.4, -0.2) is 23.9 Å². The molecule has 8 nitrogen and oxygen atoms in total. The van der Waals surface area contributed by atoms with Gasteiger partial charge in [0.25, 0.3) is 11.6 Å². The number of non-ortho nitro benzene ring substituents is 1. The number of anilines is 1. The van der Waals surface area contributed by atoms with Crippen molar-refractivity contribution >= 4 is 23.3 Å². The lowest BCUT2D eigenvalue weighted by Gasteiger charge is -2.08. The number of para-hydroxylation sites is 1. The van der Waals surface area contributed by atoms with E-state index in [1.54, 1.807) is 24.3 Å². The van der Waals surface area contributed by atoms with Crippen molar-refractivity contribution in [2.45, 2.75) is 0 Å². The first-order chi connectivity index (χ1) is 13.0. The molecule has 1 aromatic heterocycles. The number of ether oxygens (including phenoxy) is 1. The highest BCUT2D eigenvalue weighted by Crippen LogP contribution is 2.25. The molecule has 0 unspecified atom stereocenters. The van der Waals surface area contributed by atoms with E-state index in [-0.39, 0.29) is 17.0 Å². The maximum Gasteiger partial charge on any atom is 0.339 e. The highest BCUT2D eigenvalue weighted by molar-refractivity contribution is 6.06. The Morgan fingerprint density at radius 2 is 1.74 bits per heavy atom. The molecule has 0 saturated heterocycles. The lowest BCUT2D eigenvalue weighted by molar-refractivity contribution is -0.384. The third-order valence-corrected chi connectivity index (χ3v) is 3.77. The van der Waals surface area contributed by atoms with Crippen LogP contribution in [0.3, 0.4) is 0 Å². The van der Waals surface area contributed by atoms with Crippen LogP contribution in [0.1, 0.15) is 20.9 Å². The fourth-order valence-corrected chi connectivity index (χ4v) is 2.43. The van der Waals surface area contributed by atoms with Crippen LogP contribution in [0.25, 0.3) is 11.3 Å². The van der Waals surface area contributed by atoms with Gasteiger partial charge >= 0.3 is 5.97 Å². The average molecular weight is 366 g/mol. The zero-order valence-corrected chi connectivity index (χ0v) is 14.2. The summed E-state index contributed by atoms with van der Waals surface area (Å²) in [7, 11) is 1.25. The molecule has 8 heteroatoms. The van der Waals surface area contributed by atoms with Gasteiger partial charge in [-0.1, -0.05) is 12.1 Å². The summed E-state index contributed by atoms with van der Waals surface area (Å²) in [6, 6.07) is 15.3. The number of esters is 1. The predicted octanol–water partition coefficient (Wildman–Crippen LogP) is 3.89. The Hall–Kier alpha value is -3.94. The van der Waals surface area contributed by atoms with Crippen LogP contribution >= 0.6 is 0 Å². The van der Waals surface area contributed by atoms with Crippen molar-refractivity contribution in [1.29, 1.82) is 0 Å². The fraction of sp³-hybridized carbons (Fsp3) is 0.0526. The van der Waals surface area contributed by atoms with E-state index in [9.17, 15) is 19.7 Å². The topological polar surface area (TPSA) is 112 Å². The van der Waals surface area contributed by atoms with Crippen LogP contribution in [0.4, 0.5) is 11.4 Å². The minimum Gasteiger partial charge on any atom is -0.465 e. The number of amides is 1. The number of nitro groups is 1. The molecule has 1 amide bonds. The molecule has 3 aromatic rings. The number of carbonyl (C=O) groups excluding carboxylic acids is 2. The SMILES string of the molecule is COC(=O)c1ccccc1NC(=O)c1ccc(-c2ccc([N+](=O)[O-])cc2)o1. The van der Waals surface area contributed by atoms with Crippen LogP contribution in [0.5, 0.6) is 0 Å². The number of nitrogens with zero attached hydrogens (tertiary/aromatic N) is 1. The van der Waals surface area contributed by atoms with Crippen LogP contribution in [0.15, 0.2) is 65.1 Å². The molecule has 0 aliphatic heterocycles. The molecule has 27 heavy (non-hydrogen) atoms. The van der Waals surface area contributed by atoms with E-state index < -0.39 is 16.8 Å². The van der Waals surface area contributed by atoms with Gasteiger partial charge in [0.2, 0.25) is 0 Å². The first-order valence-corrected chi connectivity index (χ1v) is 7.83. The van der Waals surface area contributed by atoms with E-state index in [2.05, 4.69) is 5.32 Å². The second-order valence-electron chi connectivity index (χ2n) is 5.46. The van der Waals surface area contributed by atoms with Gasteiger partial charge < -0.3 is 14.5 Å². The Morgan fingerprint density at radius 3 is 2.41 bits per heavy atom. The van der Waals surface area contributed by atoms with Crippen LogP contribution < -0.4 is 5.32 Å². The summed E-state index contributed by atoms with van der Waals surface area (Å²) in [6.45, 7) is 0.